The van der Waals surface area contributed by atoms with Crippen molar-refractivity contribution >= 4 is 5.96 Å². The van der Waals surface area contributed by atoms with Gasteiger partial charge in [0.05, 0.1) is 0 Å². The van der Waals surface area contributed by atoms with Crippen LogP contribution in [0.25, 0.3) is 0 Å². The standard InChI is InChI=1S/C16H23FN6/c1-13-9-14(5-6-15(13)17)10-20-16(18-2)19-7-3-4-8-23-11-21-22-12-23/h5-6,9,11-12H,3-4,7-8,10H2,1-2H3,(H2,18,19,20). The summed E-state index contributed by atoms with van der Waals surface area (Å²) in [6.45, 7) is 4.13. The van der Waals surface area contributed by atoms with E-state index >= 15 is 0 Å². The predicted octanol–water partition coefficient (Wildman–Crippen LogP) is 1.87. The van der Waals surface area contributed by atoms with Gasteiger partial charge in [-0.1, -0.05) is 12.1 Å². The predicted molar refractivity (Wildman–Crippen MR) is 88.6 cm³/mol. The zero-order chi connectivity index (χ0) is 16.5. The maximum Gasteiger partial charge on any atom is 0.191 e. The van der Waals surface area contributed by atoms with Crippen LogP contribution >= 0.6 is 0 Å². The fraction of sp³-hybridized carbons (Fsp3) is 0.438. The van der Waals surface area contributed by atoms with Crippen LogP contribution in [0.5, 0.6) is 0 Å². The van der Waals surface area contributed by atoms with Crippen molar-refractivity contribution in [3.63, 3.8) is 0 Å². The Bertz CT molecular complexity index is 624. The second-order valence-corrected chi connectivity index (χ2v) is 5.34. The molecule has 0 unspecified atom stereocenters. The quantitative estimate of drug-likeness (QED) is 0.465. The van der Waals surface area contributed by atoms with Crippen molar-refractivity contribution in [3.8, 4) is 0 Å². The van der Waals surface area contributed by atoms with Crippen molar-refractivity contribution in [2.45, 2.75) is 32.9 Å². The van der Waals surface area contributed by atoms with Crippen LogP contribution in [0.3, 0.4) is 0 Å². The molecule has 0 saturated heterocycles. The SMILES string of the molecule is CN=C(NCCCCn1cnnc1)NCc1ccc(F)c(C)c1. The van der Waals surface area contributed by atoms with E-state index in [1.807, 2.05) is 10.6 Å². The van der Waals surface area contributed by atoms with Gasteiger partial charge in [-0.15, -0.1) is 10.2 Å². The summed E-state index contributed by atoms with van der Waals surface area (Å²) in [7, 11) is 1.74. The van der Waals surface area contributed by atoms with Crippen LogP contribution in [0.2, 0.25) is 0 Å². The zero-order valence-electron chi connectivity index (χ0n) is 13.6. The molecule has 6 nitrogen and oxygen atoms in total. The molecule has 0 aliphatic rings. The van der Waals surface area contributed by atoms with Crippen molar-refractivity contribution in [2.75, 3.05) is 13.6 Å². The summed E-state index contributed by atoms with van der Waals surface area (Å²) < 4.78 is 15.2. The summed E-state index contributed by atoms with van der Waals surface area (Å²) in [6, 6.07) is 5.12. The first kappa shape index (κ1) is 16.9. The third-order valence-electron chi connectivity index (χ3n) is 3.51. The van der Waals surface area contributed by atoms with Gasteiger partial charge >= 0.3 is 0 Å². The smallest absolute Gasteiger partial charge is 0.191 e. The summed E-state index contributed by atoms with van der Waals surface area (Å²) in [5.74, 6) is 0.570. The van der Waals surface area contributed by atoms with E-state index < -0.39 is 0 Å². The lowest BCUT2D eigenvalue weighted by Crippen LogP contribution is -2.37. The van der Waals surface area contributed by atoms with Crippen molar-refractivity contribution in [1.82, 2.24) is 25.4 Å². The number of guanidine groups is 1. The van der Waals surface area contributed by atoms with E-state index in [1.165, 1.54) is 6.07 Å². The van der Waals surface area contributed by atoms with Crippen LogP contribution in [0.15, 0.2) is 35.8 Å². The highest BCUT2D eigenvalue weighted by Crippen LogP contribution is 2.08. The molecule has 0 atom stereocenters. The number of nitrogens with zero attached hydrogens (tertiary/aromatic N) is 4. The normalized spacial score (nSPS) is 11.5. The van der Waals surface area contributed by atoms with Crippen LogP contribution in [0.1, 0.15) is 24.0 Å². The van der Waals surface area contributed by atoms with E-state index in [2.05, 4.69) is 25.8 Å². The molecule has 0 bridgehead atoms. The molecule has 0 aliphatic carbocycles. The molecule has 0 fully saturated rings. The van der Waals surface area contributed by atoms with Crippen LogP contribution in [-0.2, 0) is 13.1 Å². The Kier molecular flexibility index (Phi) is 6.53. The molecule has 7 heteroatoms. The number of unbranched alkanes of at least 4 members (excludes halogenated alkanes) is 1. The lowest BCUT2D eigenvalue weighted by Gasteiger charge is -2.12. The third kappa shape index (κ3) is 5.69. The van der Waals surface area contributed by atoms with Gasteiger partial charge in [-0.25, -0.2) is 4.39 Å². The molecule has 2 aromatic rings. The van der Waals surface area contributed by atoms with Gasteiger partial charge in [-0.2, -0.15) is 0 Å². The molecule has 1 heterocycles. The lowest BCUT2D eigenvalue weighted by molar-refractivity contribution is 0.597. The number of hydrogen-bond acceptors (Lipinski definition) is 3. The van der Waals surface area contributed by atoms with Gasteiger partial charge in [-0.3, -0.25) is 4.99 Å². The topological polar surface area (TPSA) is 67.1 Å². The fourth-order valence-corrected chi connectivity index (χ4v) is 2.19. The first-order valence-corrected chi connectivity index (χ1v) is 7.71. The average molecular weight is 318 g/mol. The Morgan fingerprint density at radius 1 is 1.22 bits per heavy atom. The number of hydrogen-bond donors (Lipinski definition) is 2. The molecule has 1 aromatic heterocycles. The zero-order valence-corrected chi connectivity index (χ0v) is 13.6. The Morgan fingerprint density at radius 2 is 2.00 bits per heavy atom. The number of rotatable bonds is 7. The maximum absolute atomic E-state index is 13.2. The van der Waals surface area contributed by atoms with E-state index in [9.17, 15) is 4.39 Å². The van der Waals surface area contributed by atoms with E-state index in [1.54, 1.807) is 32.7 Å². The van der Waals surface area contributed by atoms with Crippen LogP contribution in [0.4, 0.5) is 4.39 Å². The first-order chi connectivity index (χ1) is 11.2. The highest BCUT2D eigenvalue weighted by Gasteiger charge is 2.01. The van der Waals surface area contributed by atoms with Gasteiger partial charge in [-0.05, 0) is 37.0 Å². The molecular weight excluding hydrogens is 295 g/mol. The number of halogens is 1. The molecule has 23 heavy (non-hydrogen) atoms. The van der Waals surface area contributed by atoms with Gasteiger partial charge in [0.15, 0.2) is 5.96 Å². The number of aromatic nitrogens is 3. The van der Waals surface area contributed by atoms with Gasteiger partial charge in [0.25, 0.3) is 0 Å². The molecular formula is C16H23FN6. The Balaban J connectivity index is 1.65. The largest absolute Gasteiger partial charge is 0.356 e. The number of benzene rings is 1. The number of nitrogens with one attached hydrogen (secondary N) is 2. The van der Waals surface area contributed by atoms with Gasteiger partial charge < -0.3 is 15.2 Å². The molecule has 0 spiro atoms. The minimum Gasteiger partial charge on any atom is -0.356 e. The van der Waals surface area contributed by atoms with E-state index in [0.717, 1.165) is 37.5 Å². The average Bonchev–Trinajstić information content (AvgIpc) is 3.06. The number of aliphatic imine (C=N–C) groups is 1. The highest BCUT2D eigenvalue weighted by molar-refractivity contribution is 5.79. The molecule has 124 valence electrons. The van der Waals surface area contributed by atoms with Gasteiger partial charge in [0.2, 0.25) is 0 Å². The molecule has 0 aliphatic heterocycles. The summed E-state index contributed by atoms with van der Waals surface area (Å²) in [5, 5.41) is 14.0. The van der Waals surface area contributed by atoms with Crippen molar-refractivity contribution < 1.29 is 4.39 Å². The monoisotopic (exact) mass is 318 g/mol. The summed E-state index contributed by atoms with van der Waals surface area (Å²) in [6.07, 6.45) is 5.50. The molecule has 0 amide bonds. The van der Waals surface area contributed by atoms with Crippen LogP contribution < -0.4 is 10.6 Å². The van der Waals surface area contributed by atoms with Crippen molar-refractivity contribution in [1.29, 1.82) is 0 Å². The van der Waals surface area contributed by atoms with Crippen LogP contribution in [-0.4, -0.2) is 34.3 Å². The van der Waals surface area contributed by atoms with E-state index in [-0.39, 0.29) is 5.82 Å². The van der Waals surface area contributed by atoms with E-state index in [4.69, 9.17) is 0 Å². The second-order valence-electron chi connectivity index (χ2n) is 5.34. The molecule has 2 rings (SSSR count). The molecule has 0 radical (unpaired) electrons. The molecule has 0 saturated carbocycles. The van der Waals surface area contributed by atoms with Gasteiger partial charge in [0, 0.05) is 26.7 Å². The molecule has 2 N–H and O–H groups in total. The Labute approximate surface area is 135 Å². The fourth-order valence-electron chi connectivity index (χ4n) is 2.19. The number of aryl methyl sites for hydroxylation is 2. The highest BCUT2D eigenvalue weighted by atomic mass is 19.1. The van der Waals surface area contributed by atoms with Crippen molar-refractivity contribution in [2.24, 2.45) is 4.99 Å². The Hall–Kier alpha value is -2.44. The summed E-state index contributed by atoms with van der Waals surface area (Å²) in [4.78, 5) is 4.19. The Morgan fingerprint density at radius 3 is 2.70 bits per heavy atom. The van der Waals surface area contributed by atoms with Gasteiger partial charge in [0.1, 0.15) is 18.5 Å². The van der Waals surface area contributed by atoms with Crippen LogP contribution in [0, 0.1) is 12.7 Å². The third-order valence-corrected chi connectivity index (χ3v) is 3.51. The lowest BCUT2D eigenvalue weighted by atomic mass is 10.1. The first-order valence-electron chi connectivity index (χ1n) is 7.71. The maximum atomic E-state index is 13.2. The minimum atomic E-state index is -0.177. The van der Waals surface area contributed by atoms with E-state index in [0.29, 0.717) is 12.1 Å². The molecule has 1 aromatic carbocycles. The summed E-state index contributed by atoms with van der Waals surface area (Å²) >= 11 is 0. The van der Waals surface area contributed by atoms with Crippen molar-refractivity contribution in [3.05, 3.63) is 47.8 Å². The second kappa shape index (κ2) is 8.87. The minimum absolute atomic E-state index is 0.177. The summed E-state index contributed by atoms with van der Waals surface area (Å²) in [5.41, 5.74) is 1.68.